The maximum absolute atomic E-state index is 12.2. The van der Waals surface area contributed by atoms with E-state index in [1.165, 1.54) is 18.3 Å². The smallest absolute Gasteiger partial charge is 0.284 e. The van der Waals surface area contributed by atoms with E-state index in [0.29, 0.717) is 6.61 Å². The molecule has 1 heterocycles. The van der Waals surface area contributed by atoms with Gasteiger partial charge in [-0.1, -0.05) is 22.8 Å². The lowest BCUT2D eigenvalue weighted by Crippen LogP contribution is -2.13. The molecule has 0 spiro atoms. The van der Waals surface area contributed by atoms with Crippen molar-refractivity contribution in [1.29, 1.82) is 0 Å². The van der Waals surface area contributed by atoms with Gasteiger partial charge in [-0.25, -0.2) is 0 Å². The molecular formula is C11H13N3O3S. The largest absolute Gasteiger partial charge is 0.476 e. The standard InChI is InChI=1S/C11H13N3O3S/c1-3-17-11-8-14(13-12-11)18(15,16)10-6-4-9(2)5-7-10/h4-8H,3H2,1-2H3. The summed E-state index contributed by atoms with van der Waals surface area (Å²) in [6.07, 6.45) is 1.25. The summed E-state index contributed by atoms with van der Waals surface area (Å²) in [5.41, 5.74) is 0.988. The topological polar surface area (TPSA) is 74.1 Å². The molecule has 0 unspecified atom stereocenters. The molecular weight excluding hydrogens is 254 g/mol. The molecule has 0 bridgehead atoms. The minimum absolute atomic E-state index is 0.168. The van der Waals surface area contributed by atoms with Gasteiger partial charge in [0.15, 0.2) is 0 Å². The Labute approximate surface area is 105 Å². The highest BCUT2D eigenvalue weighted by atomic mass is 32.2. The molecule has 0 saturated carbocycles. The van der Waals surface area contributed by atoms with Gasteiger partial charge in [0.05, 0.1) is 11.5 Å². The summed E-state index contributed by atoms with van der Waals surface area (Å²) in [5, 5.41) is 7.19. The van der Waals surface area contributed by atoms with Gasteiger partial charge in [0, 0.05) is 0 Å². The van der Waals surface area contributed by atoms with E-state index in [1.54, 1.807) is 19.1 Å². The van der Waals surface area contributed by atoms with Crippen molar-refractivity contribution in [2.24, 2.45) is 0 Å². The van der Waals surface area contributed by atoms with Crippen LogP contribution in [0.5, 0.6) is 5.88 Å². The minimum atomic E-state index is -3.69. The monoisotopic (exact) mass is 267 g/mol. The van der Waals surface area contributed by atoms with E-state index in [1.807, 2.05) is 6.92 Å². The number of rotatable bonds is 4. The molecule has 6 nitrogen and oxygen atoms in total. The Hall–Kier alpha value is -1.89. The van der Waals surface area contributed by atoms with Gasteiger partial charge in [-0.05, 0) is 31.2 Å². The van der Waals surface area contributed by atoms with Crippen LogP contribution in [0.25, 0.3) is 0 Å². The molecule has 0 N–H and O–H groups in total. The van der Waals surface area contributed by atoms with Crippen molar-refractivity contribution >= 4 is 10.0 Å². The Morgan fingerprint density at radius 1 is 1.28 bits per heavy atom. The Morgan fingerprint density at radius 2 is 1.94 bits per heavy atom. The number of nitrogens with zero attached hydrogens (tertiary/aromatic N) is 3. The normalized spacial score (nSPS) is 11.4. The molecule has 0 aliphatic heterocycles. The predicted octanol–water partition coefficient (Wildman–Crippen LogP) is 1.22. The fourth-order valence-corrected chi connectivity index (χ4v) is 2.44. The quantitative estimate of drug-likeness (QED) is 0.832. The van der Waals surface area contributed by atoms with E-state index >= 15 is 0 Å². The maximum Gasteiger partial charge on any atom is 0.284 e. The van der Waals surface area contributed by atoms with Crippen LogP contribution in [0.2, 0.25) is 0 Å². The highest BCUT2D eigenvalue weighted by Crippen LogP contribution is 2.15. The summed E-state index contributed by atoms with van der Waals surface area (Å²) < 4.78 is 30.2. The summed E-state index contributed by atoms with van der Waals surface area (Å²) in [7, 11) is -3.69. The Kier molecular flexibility index (Phi) is 3.33. The molecule has 0 aliphatic rings. The van der Waals surface area contributed by atoms with Crippen molar-refractivity contribution in [2.75, 3.05) is 6.61 Å². The van der Waals surface area contributed by atoms with E-state index in [4.69, 9.17) is 4.74 Å². The average Bonchev–Trinajstić information content (AvgIpc) is 2.79. The third-order valence-corrected chi connectivity index (χ3v) is 3.85. The highest BCUT2D eigenvalue weighted by Gasteiger charge is 2.19. The van der Waals surface area contributed by atoms with E-state index in [0.717, 1.165) is 9.65 Å². The Balaban J connectivity index is 2.38. The number of aromatic nitrogens is 3. The number of aryl methyl sites for hydroxylation is 1. The number of ether oxygens (including phenoxy) is 1. The molecule has 18 heavy (non-hydrogen) atoms. The second-order valence-corrected chi connectivity index (χ2v) is 5.48. The molecule has 2 rings (SSSR count). The zero-order valence-electron chi connectivity index (χ0n) is 10.1. The zero-order valence-corrected chi connectivity index (χ0v) is 10.9. The summed E-state index contributed by atoms with van der Waals surface area (Å²) in [5.74, 6) is 0.188. The second kappa shape index (κ2) is 4.77. The molecule has 96 valence electrons. The molecule has 0 amide bonds. The van der Waals surface area contributed by atoms with E-state index in [2.05, 4.69) is 10.3 Å². The van der Waals surface area contributed by atoms with E-state index < -0.39 is 10.0 Å². The first-order valence-electron chi connectivity index (χ1n) is 5.41. The van der Waals surface area contributed by atoms with Gasteiger partial charge in [-0.15, -0.1) is 4.09 Å². The lowest BCUT2D eigenvalue weighted by Gasteiger charge is -2.03. The van der Waals surface area contributed by atoms with Crippen LogP contribution >= 0.6 is 0 Å². The third-order valence-electron chi connectivity index (χ3n) is 2.31. The van der Waals surface area contributed by atoms with Gasteiger partial charge in [-0.3, -0.25) is 0 Å². The zero-order chi connectivity index (χ0) is 13.2. The van der Waals surface area contributed by atoms with Crippen LogP contribution in [0.15, 0.2) is 35.4 Å². The summed E-state index contributed by atoms with van der Waals surface area (Å²) >= 11 is 0. The summed E-state index contributed by atoms with van der Waals surface area (Å²) in [6.45, 7) is 4.08. The molecule has 0 radical (unpaired) electrons. The van der Waals surface area contributed by atoms with Crippen molar-refractivity contribution in [3.63, 3.8) is 0 Å². The average molecular weight is 267 g/mol. The van der Waals surface area contributed by atoms with E-state index in [9.17, 15) is 8.42 Å². The molecule has 2 aromatic rings. The van der Waals surface area contributed by atoms with Crippen molar-refractivity contribution in [2.45, 2.75) is 18.7 Å². The van der Waals surface area contributed by atoms with Crippen LogP contribution in [-0.4, -0.2) is 29.4 Å². The molecule has 0 saturated heterocycles. The number of benzene rings is 1. The molecule has 7 heteroatoms. The van der Waals surface area contributed by atoms with Crippen LogP contribution in [0, 0.1) is 6.92 Å². The first-order chi connectivity index (χ1) is 8.54. The van der Waals surface area contributed by atoms with Crippen molar-refractivity contribution < 1.29 is 13.2 Å². The van der Waals surface area contributed by atoms with Gasteiger partial charge in [-0.2, -0.15) is 8.42 Å². The van der Waals surface area contributed by atoms with Gasteiger partial charge in [0.2, 0.25) is 0 Å². The Bertz CT molecular complexity index is 632. The van der Waals surface area contributed by atoms with Crippen LogP contribution in [0.4, 0.5) is 0 Å². The maximum atomic E-state index is 12.2. The number of hydrogen-bond donors (Lipinski definition) is 0. The van der Waals surface area contributed by atoms with Gasteiger partial charge in [0.25, 0.3) is 15.9 Å². The molecule has 1 aromatic carbocycles. The minimum Gasteiger partial charge on any atom is -0.476 e. The first-order valence-corrected chi connectivity index (χ1v) is 6.85. The SMILES string of the molecule is CCOc1cn(S(=O)(=O)c2ccc(C)cc2)nn1. The fourth-order valence-electron chi connectivity index (χ4n) is 1.38. The fraction of sp³-hybridized carbons (Fsp3) is 0.273. The van der Waals surface area contributed by atoms with E-state index in [-0.39, 0.29) is 10.8 Å². The molecule has 0 aliphatic carbocycles. The lowest BCUT2D eigenvalue weighted by atomic mass is 10.2. The third kappa shape index (κ3) is 2.35. The van der Waals surface area contributed by atoms with Crippen LogP contribution in [0.1, 0.15) is 12.5 Å². The lowest BCUT2D eigenvalue weighted by molar-refractivity contribution is 0.326. The number of hydrogen-bond acceptors (Lipinski definition) is 5. The predicted molar refractivity (Wildman–Crippen MR) is 65.0 cm³/mol. The van der Waals surface area contributed by atoms with Gasteiger partial charge in [0.1, 0.15) is 6.20 Å². The summed E-state index contributed by atoms with van der Waals surface area (Å²) in [6, 6.07) is 6.53. The second-order valence-electron chi connectivity index (χ2n) is 3.68. The first kappa shape index (κ1) is 12.6. The van der Waals surface area contributed by atoms with Crippen molar-refractivity contribution in [3.8, 4) is 5.88 Å². The summed E-state index contributed by atoms with van der Waals surface area (Å²) in [4.78, 5) is 0.168. The van der Waals surface area contributed by atoms with Crippen LogP contribution < -0.4 is 4.74 Å². The van der Waals surface area contributed by atoms with Crippen molar-refractivity contribution in [3.05, 3.63) is 36.0 Å². The molecule has 1 aromatic heterocycles. The molecule has 0 fully saturated rings. The van der Waals surface area contributed by atoms with Gasteiger partial charge >= 0.3 is 0 Å². The van der Waals surface area contributed by atoms with Crippen LogP contribution in [-0.2, 0) is 10.0 Å². The van der Waals surface area contributed by atoms with Gasteiger partial charge < -0.3 is 4.74 Å². The Morgan fingerprint density at radius 3 is 2.56 bits per heavy atom. The highest BCUT2D eigenvalue weighted by molar-refractivity contribution is 7.89. The molecule has 0 atom stereocenters. The van der Waals surface area contributed by atoms with Crippen LogP contribution in [0.3, 0.4) is 0 Å². The van der Waals surface area contributed by atoms with Crippen molar-refractivity contribution in [1.82, 2.24) is 14.4 Å².